The van der Waals surface area contributed by atoms with E-state index in [1.807, 2.05) is 0 Å². The highest BCUT2D eigenvalue weighted by molar-refractivity contribution is 7.09. The zero-order chi connectivity index (χ0) is 12.1. The number of hydrogen-bond acceptors (Lipinski definition) is 4. The summed E-state index contributed by atoms with van der Waals surface area (Å²) in [6.07, 6.45) is 3.81. The van der Waals surface area contributed by atoms with Gasteiger partial charge in [0.15, 0.2) is 0 Å². The summed E-state index contributed by atoms with van der Waals surface area (Å²) in [4.78, 5) is 7.12. The average Bonchev–Trinajstić information content (AvgIpc) is 2.58. The van der Waals surface area contributed by atoms with Gasteiger partial charge in [0, 0.05) is 23.7 Å². The predicted octanol–water partition coefficient (Wildman–Crippen LogP) is 2.42. The molecule has 2 heterocycles. The number of thiazole rings is 1. The van der Waals surface area contributed by atoms with Gasteiger partial charge in [-0.3, -0.25) is 4.90 Å². The van der Waals surface area contributed by atoms with Gasteiger partial charge < -0.3 is 5.32 Å². The van der Waals surface area contributed by atoms with E-state index in [1.165, 1.54) is 37.4 Å². The average molecular weight is 253 g/mol. The van der Waals surface area contributed by atoms with Crippen molar-refractivity contribution in [2.75, 3.05) is 19.6 Å². The quantitative estimate of drug-likeness (QED) is 0.893. The van der Waals surface area contributed by atoms with Crippen LogP contribution in [0.2, 0.25) is 0 Å². The van der Waals surface area contributed by atoms with Crippen molar-refractivity contribution < 1.29 is 0 Å². The molecule has 1 aromatic heterocycles. The number of aryl methyl sites for hydroxylation is 1. The normalized spacial score (nSPS) is 22.6. The maximum Gasteiger partial charge on any atom is 0.107 e. The smallest absolute Gasteiger partial charge is 0.107 e. The largest absolute Gasteiger partial charge is 0.313 e. The summed E-state index contributed by atoms with van der Waals surface area (Å²) < 4.78 is 0. The lowest BCUT2D eigenvalue weighted by molar-refractivity contribution is 0.254. The van der Waals surface area contributed by atoms with Crippen LogP contribution in [0.5, 0.6) is 0 Å². The first-order chi connectivity index (χ1) is 8.28. The van der Waals surface area contributed by atoms with Crippen LogP contribution in [0.25, 0.3) is 0 Å². The van der Waals surface area contributed by atoms with Crippen LogP contribution in [-0.4, -0.2) is 35.6 Å². The summed E-state index contributed by atoms with van der Waals surface area (Å²) in [5.41, 5.74) is 1.16. The first-order valence-electron chi connectivity index (χ1n) is 6.64. The van der Waals surface area contributed by atoms with Gasteiger partial charge in [0.25, 0.3) is 0 Å². The molecule has 0 saturated carbocycles. The van der Waals surface area contributed by atoms with Crippen LogP contribution in [0.3, 0.4) is 0 Å². The topological polar surface area (TPSA) is 28.2 Å². The fraction of sp³-hybridized carbons (Fsp3) is 0.769. The summed E-state index contributed by atoms with van der Waals surface area (Å²) in [5, 5.41) is 7.06. The van der Waals surface area contributed by atoms with E-state index >= 15 is 0 Å². The van der Waals surface area contributed by atoms with Crippen LogP contribution in [-0.2, 0) is 6.54 Å². The highest BCUT2D eigenvalue weighted by atomic mass is 32.1. The third-order valence-corrected chi connectivity index (χ3v) is 4.18. The zero-order valence-electron chi connectivity index (χ0n) is 10.9. The molecule has 0 bridgehead atoms. The second-order valence-electron chi connectivity index (χ2n) is 4.91. The minimum absolute atomic E-state index is 0.670. The molecule has 0 amide bonds. The maximum absolute atomic E-state index is 4.56. The second-order valence-corrected chi connectivity index (χ2v) is 5.85. The number of rotatable bonds is 4. The molecule has 1 fully saturated rings. The third-order valence-electron chi connectivity index (χ3n) is 3.23. The van der Waals surface area contributed by atoms with E-state index in [1.54, 1.807) is 11.3 Å². The molecule has 1 aromatic rings. The molecule has 3 nitrogen and oxygen atoms in total. The van der Waals surface area contributed by atoms with Crippen molar-refractivity contribution in [3.63, 3.8) is 0 Å². The van der Waals surface area contributed by atoms with Gasteiger partial charge in [0.1, 0.15) is 5.01 Å². The van der Waals surface area contributed by atoms with E-state index in [0.29, 0.717) is 6.04 Å². The van der Waals surface area contributed by atoms with Crippen molar-refractivity contribution >= 4 is 11.3 Å². The van der Waals surface area contributed by atoms with Crippen LogP contribution in [0, 0.1) is 6.92 Å². The van der Waals surface area contributed by atoms with Gasteiger partial charge in [-0.2, -0.15) is 0 Å². The Hall–Kier alpha value is -0.450. The first-order valence-corrected chi connectivity index (χ1v) is 7.52. The monoisotopic (exact) mass is 253 g/mol. The molecular weight excluding hydrogens is 230 g/mol. The summed E-state index contributed by atoms with van der Waals surface area (Å²) in [7, 11) is 0. The molecule has 1 saturated heterocycles. The van der Waals surface area contributed by atoms with Crippen molar-refractivity contribution in [2.45, 2.75) is 45.7 Å². The molecule has 1 unspecified atom stereocenters. The standard InChI is InChI=1S/C13H23N3S/c1-3-5-12-8-16(7-4-6-14-12)9-13-15-11(2)10-17-13/h10,12,14H,3-9H2,1-2H3. The SMILES string of the molecule is CCCC1CN(Cc2nc(C)cs2)CCCN1. The Balaban J connectivity index is 1.90. The summed E-state index contributed by atoms with van der Waals surface area (Å²) in [6, 6.07) is 0.670. The third kappa shape index (κ3) is 4.05. The summed E-state index contributed by atoms with van der Waals surface area (Å²) >= 11 is 1.79. The van der Waals surface area contributed by atoms with Gasteiger partial charge in [-0.05, 0) is 32.9 Å². The van der Waals surface area contributed by atoms with Crippen LogP contribution >= 0.6 is 11.3 Å². The summed E-state index contributed by atoms with van der Waals surface area (Å²) in [5.74, 6) is 0. The Bertz CT molecular complexity index is 337. The van der Waals surface area contributed by atoms with E-state index < -0.39 is 0 Å². The zero-order valence-corrected chi connectivity index (χ0v) is 11.7. The predicted molar refractivity (Wildman–Crippen MR) is 73.4 cm³/mol. The van der Waals surface area contributed by atoms with Gasteiger partial charge >= 0.3 is 0 Å². The highest BCUT2D eigenvalue weighted by Crippen LogP contribution is 2.14. The molecule has 0 radical (unpaired) electrons. The van der Waals surface area contributed by atoms with Crippen LogP contribution in [0.1, 0.15) is 36.9 Å². The second kappa shape index (κ2) is 6.47. The van der Waals surface area contributed by atoms with Crippen LogP contribution in [0.15, 0.2) is 5.38 Å². The molecule has 1 N–H and O–H groups in total. The fourth-order valence-electron chi connectivity index (χ4n) is 2.43. The molecule has 0 spiro atoms. The van der Waals surface area contributed by atoms with E-state index in [2.05, 4.69) is 34.4 Å². The van der Waals surface area contributed by atoms with Crippen molar-refractivity contribution in [2.24, 2.45) is 0 Å². The highest BCUT2D eigenvalue weighted by Gasteiger charge is 2.17. The van der Waals surface area contributed by atoms with E-state index in [0.717, 1.165) is 18.8 Å². The molecular formula is C13H23N3S. The lowest BCUT2D eigenvalue weighted by atomic mass is 10.1. The molecule has 1 aliphatic heterocycles. The van der Waals surface area contributed by atoms with Crippen molar-refractivity contribution in [3.8, 4) is 0 Å². The molecule has 17 heavy (non-hydrogen) atoms. The van der Waals surface area contributed by atoms with Crippen molar-refractivity contribution in [3.05, 3.63) is 16.1 Å². The molecule has 2 rings (SSSR count). The van der Waals surface area contributed by atoms with Crippen LogP contribution < -0.4 is 5.32 Å². The Morgan fingerprint density at radius 2 is 2.47 bits per heavy atom. The minimum Gasteiger partial charge on any atom is -0.313 e. The molecule has 0 aliphatic carbocycles. The van der Waals surface area contributed by atoms with E-state index in [9.17, 15) is 0 Å². The Morgan fingerprint density at radius 3 is 3.18 bits per heavy atom. The Morgan fingerprint density at radius 1 is 1.59 bits per heavy atom. The molecule has 1 atom stereocenters. The Labute approximate surface area is 108 Å². The number of nitrogens with zero attached hydrogens (tertiary/aromatic N) is 2. The molecule has 1 aliphatic rings. The number of hydrogen-bond donors (Lipinski definition) is 1. The van der Waals surface area contributed by atoms with Gasteiger partial charge in [0.05, 0.1) is 6.54 Å². The fourth-order valence-corrected chi connectivity index (χ4v) is 3.24. The lowest BCUT2D eigenvalue weighted by Crippen LogP contribution is -2.37. The minimum atomic E-state index is 0.670. The van der Waals surface area contributed by atoms with E-state index in [4.69, 9.17) is 0 Å². The van der Waals surface area contributed by atoms with E-state index in [-0.39, 0.29) is 0 Å². The Kier molecular flexibility index (Phi) is 4.95. The van der Waals surface area contributed by atoms with Gasteiger partial charge in [0.2, 0.25) is 0 Å². The maximum atomic E-state index is 4.56. The van der Waals surface area contributed by atoms with Gasteiger partial charge in [-0.15, -0.1) is 11.3 Å². The van der Waals surface area contributed by atoms with Crippen LogP contribution in [0.4, 0.5) is 0 Å². The molecule has 4 heteroatoms. The molecule has 96 valence electrons. The first kappa shape index (κ1) is 13.0. The van der Waals surface area contributed by atoms with Gasteiger partial charge in [-0.25, -0.2) is 4.98 Å². The van der Waals surface area contributed by atoms with Gasteiger partial charge in [-0.1, -0.05) is 13.3 Å². The summed E-state index contributed by atoms with van der Waals surface area (Å²) in [6.45, 7) is 8.90. The molecule has 0 aromatic carbocycles. The number of aromatic nitrogens is 1. The van der Waals surface area contributed by atoms with Crippen molar-refractivity contribution in [1.29, 1.82) is 0 Å². The van der Waals surface area contributed by atoms with Crippen molar-refractivity contribution in [1.82, 2.24) is 15.2 Å². The lowest BCUT2D eigenvalue weighted by Gasteiger charge is -2.23. The number of nitrogens with one attached hydrogen (secondary N) is 1.